The van der Waals surface area contributed by atoms with E-state index in [1.54, 1.807) is 0 Å². The molecule has 4 aliphatic carbocycles. The summed E-state index contributed by atoms with van der Waals surface area (Å²) in [6, 6.07) is 6.44. The number of hydrogen-bond donors (Lipinski definition) is 1. The van der Waals surface area contributed by atoms with Gasteiger partial charge < -0.3 is 5.11 Å². The molecule has 2 aromatic rings. The minimum atomic E-state index is -0.0563. The first-order chi connectivity index (χ1) is 16.4. The summed E-state index contributed by atoms with van der Waals surface area (Å²) in [6.07, 6.45) is 17.5. The molecule has 4 fully saturated rings. The summed E-state index contributed by atoms with van der Waals surface area (Å²) >= 11 is 0. The van der Waals surface area contributed by atoms with Gasteiger partial charge >= 0.3 is 0 Å². The first kappa shape index (κ1) is 23.0. The first-order valence-corrected chi connectivity index (χ1v) is 14.3. The molecule has 0 spiro atoms. The molecular formula is C31H44N2O. The summed E-state index contributed by atoms with van der Waals surface area (Å²) in [5.74, 6) is 4.60. The van der Waals surface area contributed by atoms with Crippen LogP contribution in [0.15, 0.2) is 24.4 Å². The summed E-state index contributed by atoms with van der Waals surface area (Å²) in [6.45, 7) is 7.33. The lowest BCUT2D eigenvalue weighted by atomic mass is 9.44. The van der Waals surface area contributed by atoms with Gasteiger partial charge in [0, 0.05) is 18.0 Å². The normalized spacial score (nSPS) is 41.6. The van der Waals surface area contributed by atoms with Crippen molar-refractivity contribution < 1.29 is 5.11 Å². The number of aliphatic hydroxyl groups excluding tert-OH is 1. The van der Waals surface area contributed by atoms with Crippen molar-refractivity contribution >= 4 is 10.9 Å². The molecule has 4 aliphatic rings. The van der Waals surface area contributed by atoms with Crippen molar-refractivity contribution in [3.05, 3.63) is 35.8 Å². The number of benzene rings is 1. The fourth-order valence-electron chi connectivity index (χ4n) is 9.66. The SMILES string of the molecule is Cc1ccc2nc(CCCC3CCC4C5C(O)CC6CCCCC6(C)C5CCC34C)ncc2c1. The lowest BCUT2D eigenvalue weighted by molar-refractivity contribution is -0.162. The molecule has 0 aliphatic heterocycles. The topological polar surface area (TPSA) is 46.0 Å². The van der Waals surface area contributed by atoms with Crippen molar-refractivity contribution in [1.82, 2.24) is 9.97 Å². The molecule has 0 bridgehead atoms. The molecule has 0 amide bonds. The quantitative estimate of drug-likeness (QED) is 0.521. The summed E-state index contributed by atoms with van der Waals surface area (Å²) in [5, 5.41) is 12.6. The fraction of sp³-hybridized carbons (Fsp3) is 0.742. The molecule has 8 unspecified atom stereocenters. The molecule has 3 nitrogen and oxygen atoms in total. The van der Waals surface area contributed by atoms with E-state index in [4.69, 9.17) is 4.98 Å². The zero-order valence-electron chi connectivity index (χ0n) is 21.6. The van der Waals surface area contributed by atoms with Gasteiger partial charge in [0.05, 0.1) is 11.6 Å². The van der Waals surface area contributed by atoms with Crippen LogP contribution in [-0.4, -0.2) is 21.2 Å². The zero-order valence-corrected chi connectivity index (χ0v) is 21.6. The largest absolute Gasteiger partial charge is 0.393 e. The van der Waals surface area contributed by atoms with Crippen LogP contribution in [0.5, 0.6) is 0 Å². The Morgan fingerprint density at radius 1 is 1.00 bits per heavy atom. The highest BCUT2D eigenvalue weighted by molar-refractivity contribution is 5.78. The first-order valence-electron chi connectivity index (χ1n) is 14.3. The van der Waals surface area contributed by atoms with E-state index in [0.29, 0.717) is 16.7 Å². The van der Waals surface area contributed by atoms with Gasteiger partial charge in [-0.1, -0.05) is 38.3 Å². The Balaban J connectivity index is 1.13. The maximum absolute atomic E-state index is 11.4. The number of aryl methyl sites for hydroxylation is 2. The van der Waals surface area contributed by atoms with Crippen LogP contribution < -0.4 is 0 Å². The molecular weight excluding hydrogens is 416 g/mol. The summed E-state index contributed by atoms with van der Waals surface area (Å²) in [7, 11) is 0. The van der Waals surface area contributed by atoms with E-state index in [-0.39, 0.29) is 6.10 Å². The van der Waals surface area contributed by atoms with Gasteiger partial charge in [-0.2, -0.15) is 0 Å². The molecule has 0 radical (unpaired) electrons. The number of nitrogens with zero attached hydrogens (tertiary/aromatic N) is 2. The van der Waals surface area contributed by atoms with Gasteiger partial charge in [-0.25, -0.2) is 9.97 Å². The Morgan fingerprint density at radius 3 is 2.74 bits per heavy atom. The second-order valence-corrected chi connectivity index (χ2v) is 13.1. The smallest absolute Gasteiger partial charge is 0.128 e. The Labute approximate surface area is 206 Å². The van der Waals surface area contributed by atoms with Crippen molar-refractivity contribution in [2.24, 2.45) is 40.4 Å². The lowest BCUT2D eigenvalue weighted by Crippen LogP contribution is -2.57. The molecule has 3 heteroatoms. The van der Waals surface area contributed by atoms with Gasteiger partial charge in [-0.15, -0.1) is 0 Å². The minimum Gasteiger partial charge on any atom is -0.393 e. The summed E-state index contributed by atoms with van der Waals surface area (Å²) < 4.78 is 0. The summed E-state index contributed by atoms with van der Waals surface area (Å²) in [4.78, 5) is 9.52. The standard InChI is InChI=1S/C31H44N2O/c1-20-10-13-26-21(17-20)19-32-28(33-26)9-6-8-22-11-12-24-29-25(14-16-31(22,24)3)30(2)15-5-4-7-23(30)18-27(29)34/h10,13,17,19,22-25,27,29,34H,4-9,11-12,14-16,18H2,1-3H3. The number of hydrogen-bond acceptors (Lipinski definition) is 3. The predicted octanol–water partition coefficient (Wildman–Crippen LogP) is 7.28. The maximum Gasteiger partial charge on any atom is 0.128 e. The van der Waals surface area contributed by atoms with Crippen LogP contribution in [-0.2, 0) is 6.42 Å². The van der Waals surface area contributed by atoms with Crippen LogP contribution in [0.3, 0.4) is 0 Å². The van der Waals surface area contributed by atoms with Gasteiger partial charge in [-0.3, -0.25) is 0 Å². The highest BCUT2D eigenvalue weighted by Gasteiger charge is 2.61. The number of rotatable bonds is 4. The maximum atomic E-state index is 11.4. The predicted molar refractivity (Wildman–Crippen MR) is 138 cm³/mol. The van der Waals surface area contributed by atoms with Crippen LogP contribution in [0, 0.1) is 47.3 Å². The number of fused-ring (bicyclic) bond motifs is 6. The Morgan fingerprint density at radius 2 is 1.85 bits per heavy atom. The molecule has 8 atom stereocenters. The second kappa shape index (κ2) is 8.57. The van der Waals surface area contributed by atoms with Crippen LogP contribution in [0.2, 0.25) is 0 Å². The van der Waals surface area contributed by atoms with Crippen molar-refractivity contribution in [1.29, 1.82) is 0 Å². The van der Waals surface area contributed by atoms with Crippen LogP contribution in [0.1, 0.15) is 95.9 Å². The average Bonchev–Trinajstić information content (AvgIpc) is 3.16. The molecule has 6 rings (SSSR count). The van der Waals surface area contributed by atoms with Crippen LogP contribution in [0.4, 0.5) is 0 Å². The summed E-state index contributed by atoms with van der Waals surface area (Å²) in [5.41, 5.74) is 3.25. The minimum absolute atomic E-state index is 0.0563. The third kappa shape index (κ3) is 3.64. The monoisotopic (exact) mass is 460 g/mol. The third-order valence-electron chi connectivity index (χ3n) is 11.5. The van der Waals surface area contributed by atoms with Gasteiger partial charge in [0.15, 0.2) is 0 Å². The molecule has 0 saturated heterocycles. The molecule has 4 saturated carbocycles. The lowest BCUT2D eigenvalue weighted by Gasteiger charge is -2.62. The van der Waals surface area contributed by atoms with E-state index >= 15 is 0 Å². The van der Waals surface area contributed by atoms with E-state index in [1.165, 1.54) is 69.8 Å². The fourth-order valence-corrected chi connectivity index (χ4v) is 9.66. The molecule has 1 aromatic heterocycles. The molecule has 184 valence electrons. The van der Waals surface area contributed by atoms with Crippen LogP contribution in [0.25, 0.3) is 10.9 Å². The highest BCUT2D eigenvalue weighted by atomic mass is 16.3. The van der Waals surface area contributed by atoms with Gasteiger partial charge in [0.2, 0.25) is 0 Å². The van der Waals surface area contributed by atoms with Crippen molar-refractivity contribution in [3.63, 3.8) is 0 Å². The Kier molecular flexibility index (Phi) is 5.79. The third-order valence-corrected chi connectivity index (χ3v) is 11.5. The van der Waals surface area contributed by atoms with E-state index in [0.717, 1.165) is 53.2 Å². The van der Waals surface area contributed by atoms with E-state index in [2.05, 4.69) is 44.0 Å². The van der Waals surface area contributed by atoms with E-state index < -0.39 is 0 Å². The number of aliphatic hydroxyl groups is 1. The number of aromatic nitrogens is 2. The highest BCUT2D eigenvalue weighted by Crippen LogP contribution is 2.67. The van der Waals surface area contributed by atoms with Gasteiger partial charge in [0.25, 0.3) is 0 Å². The van der Waals surface area contributed by atoms with Gasteiger partial charge in [-0.05, 0) is 117 Å². The van der Waals surface area contributed by atoms with Gasteiger partial charge in [0.1, 0.15) is 5.82 Å². The molecule has 1 N–H and O–H groups in total. The average molecular weight is 461 g/mol. The van der Waals surface area contributed by atoms with Crippen molar-refractivity contribution in [2.75, 3.05) is 0 Å². The molecule has 1 heterocycles. The Hall–Kier alpha value is -1.48. The van der Waals surface area contributed by atoms with Crippen LogP contribution >= 0.6 is 0 Å². The molecule has 1 aromatic carbocycles. The van der Waals surface area contributed by atoms with Crippen molar-refractivity contribution in [2.45, 2.75) is 104 Å². The second-order valence-electron chi connectivity index (χ2n) is 13.1. The van der Waals surface area contributed by atoms with E-state index in [9.17, 15) is 5.11 Å². The Bertz CT molecular complexity index is 1050. The van der Waals surface area contributed by atoms with Crippen molar-refractivity contribution in [3.8, 4) is 0 Å². The van der Waals surface area contributed by atoms with E-state index in [1.807, 2.05) is 6.20 Å². The molecule has 34 heavy (non-hydrogen) atoms. The zero-order chi connectivity index (χ0) is 23.5.